The second-order valence-electron chi connectivity index (χ2n) is 4.51. The molecule has 106 valence electrons. The van der Waals surface area contributed by atoms with Crippen molar-refractivity contribution in [3.8, 4) is 0 Å². The van der Waals surface area contributed by atoms with Crippen LogP contribution in [0.1, 0.15) is 49.9 Å². The van der Waals surface area contributed by atoms with Gasteiger partial charge in [0.25, 0.3) is 0 Å². The Hall–Kier alpha value is -1.71. The van der Waals surface area contributed by atoms with Crippen molar-refractivity contribution in [2.24, 2.45) is 0 Å². The molecule has 0 amide bonds. The Bertz CT molecular complexity index is 405. The quantitative estimate of drug-likeness (QED) is 0.429. The number of hydrogen-bond donors (Lipinski definition) is 2. The van der Waals surface area contributed by atoms with E-state index in [1.165, 1.54) is 19.3 Å². The number of hydrogen-bond acceptors (Lipinski definition) is 4. The lowest BCUT2D eigenvalue weighted by atomic mass is 10.1. The van der Waals surface area contributed by atoms with Gasteiger partial charge in [0, 0.05) is 6.54 Å². The summed E-state index contributed by atoms with van der Waals surface area (Å²) < 4.78 is 4.97. The summed E-state index contributed by atoms with van der Waals surface area (Å²) in [6.07, 6.45) is 4.79. The Morgan fingerprint density at radius 1 is 1.26 bits per heavy atom. The Morgan fingerprint density at radius 2 is 2.05 bits per heavy atom. The molecule has 0 fully saturated rings. The summed E-state index contributed by atoms with van der Waals surface area (Å²) in [6.45, 7) is 5.23. The van der Waals surface area contributed by atoms with Crippen LogP contribution in [-0.4, -0.2) is 19.1 Å². The molecule has 0 aliphatic heterocycles. The lowest BCUT2D eigenvalue weighted by Crippen LogP contribution is -2.08. The Balaban J connectivity index is 2.56. The summed E-state index contributed by atoms with van der Waals surface area (Å²) in [4.78, 5) is 11.6. The van der Waals surface area contributed by atoms with Crippen molar-refractivity contribution in [2.75, 3.05) is 24.2 Å². The van der Waals surface area contributed by atoms with Crippen molar-refractivity contribution in [3.05, 3.63) is 23.8 Å². The number of ether oxygens (including phenoxy) is 1. The zero-order chi connectivity index (χ0) is 14.1. The number of anilines is 2. The minimum atomic E-state index is -0.309. The first kappa shape index (κ1) is 15.3. The van der Waals surface area contributed by atoms with Gasteiger partial charge in [-0.05, 0) is 31.5 Å². The van der Waals surface area contributed by atoms with Gasteiger partial charge in [0.05, 0.1) is 23.5 Å². The van der Waals surface area contributed by atoms with Crippen LogP contribution in [0.4, 0.5) is 11.4 Å². The van der Waals surface area contributed by atoms with Gasteiger partial charge in [-0.2, -0.15) is 0 Å². The molecule has 1 rings (SSSR count). The minimum absolute atomic E-state index is 0.309. The molecule has 4 nitrogen and oxygen atoms in total. The first-order chi connectivity index (χ1) is 9.19. The second-order valence-corrected chi connectivity index (χ2v) is 4.51. The summed E-state index contributed by atoms with van der Waals surface area (Å²) in [7, 11) is 0. The van der Waals surface area contributed by atoms with Crippen molar-refractivity contribution in [2.45, 2.75) is 39.5 Å². The molecule has 1 aromatic rings. The number of esters is 1. The van der Waals surface area contributed by atoms with Gasteiger partial charge in [-0.3, -0.25) is 0 Å². The number of nitrogen functional groups attached to an aromatic ring is 1. The van der Waals surface area contributed by atoms with Crippen molar-refractivity contribution in [1.29, 1.82) is 0 Å². The van der Waals surface area contributed by atoms with E-state index in [2.05, 4.69) is 12.2 Å². The van der Waals surface area contributed by atoms with Crippen molar-refractivity contribution < 1.29 is 9.53 Å². The molecule has 0 heterocycles. The average Bonchev–Trinajstić information content (AvgIpc) is 2.40. The highest BCUT2D eigenvalue weighted by Gasteiger charge is 2.08. The van der Waals surface area contributed by atoms with Crippen molar-refractivity contribution in [1.82, 2.24) is 0 Å². The summed E-state index contributed by atoms with van der Waals surface area (Å²) >= 11 is 0. The van der Waals surface area contributed by atoms with E-state index in [0.717, 1.165) is 18.7 Å². The third-order valence-electron chi connectivity index (χ3n) is 2.91. The van der Waals surface area contributed by atoms with E-state index in [1.807, 2.05) is 0 Å². The van der Waals surface area contributed by atoms with Crippen LogP contribution in [0, 0.1) is 0 Å². The molecule has 0 aliphatic rings. The van der Waals surface area contributed by atoms with Crippen LogP contribution in [0.2, 0.25) is 0 Å². The fourth-order valence-electron chi connectivity index (χ4n) is 1.83. The van der Waals surface area contributed by atoms with Crippen LogP contribution in [0.3, 0.4) is 0 Å². The fraction of sp³-hybridized carbons (Fsp3) is 0.533. The first-order valence-corrected chi connectivity index (χ1v) is 6.99. The van der Waals surface area contributed by atoms with Crippen LogP contribution >= 0.6 is 0 Å². The summed E-state index contributed by atoms with van der Waals surface area (Å²) in [5.41, 5.74) is 7.89. The van der Waals surface area contributed by atoms with Gasteiger partial charge in [0.2, 0.25) is 0 Å². The predicted octanol–water partition coefficient (Wildman–Crippen LogP) is 3.44. The molecule has 1 aromatic carbocycles. The van der Waals surface area contributed by atoms with Crippen LogP contribution in [0.15, 0.2) is 18.2 Å². The highest BCUT2D eigenvalue weighted by molar-refractivity contribution is 5.92. The van der Waals surface area contributed by atoms with E-state index < -0.39 is 0 Å². The van der Waals surface area contributed by atoms with Crippen LogP contribution in [0.25, 0.3) is 0 Å². The average molecular weight is 264 g/mol. The van der Waals surface area contributed by atoms with E-state index in [-0.39, 0.29) is 5.97 Å². The SMILES string of the molecule is CCCCCCNc1cc(C(=O)OCC)ccc1N. The molecule has 0 radical (unpaired) electrons. The Kier molecular flexibility index (Phi) is 6.79. The lowest BCUT2D eigenvalue weighted by Gasteiger charge is -2.11. The summed E-state index contributed by atoms with van der Waals surface area (Å²) in [6, 6.07) is 5.18. The van der Waals surface area contributed by atoms with Crippen LogP contribution < -0.4 is 11.1 Å². The molecule has 19 heavy (non-hydrogen) atoms. The van der Waals surface area contributed by atoms with Crippen LogP contribution in [-0.2, 0) is 4.74 Å². The Morgan fingerprint density at radius 3 is 2.74 bits per heavy atom. The molecular weight excluding hydrogens is 240 g/mol. The first-order valence-electron chi connectivity index (χ1n) is 6.99. The van der Waals surface area contributed by atoms with E-state index >= 15 is 0 Å². The number of benzene rings is 1. The highest BCUT2D eigenvalue weighted by Crippen LogP contribution is 2.20. The van der Waals surface area contributed by atoms with Crippen molar-refractivity contribution >= 4 is 17.3 Å². The molecule has 0 spiro atoms. The summed E-state index contributed by atoms with van der Waals surface area (Å²) in [5, 5.41) is 3.28. The predicted molar refractivity (Wildman–Crippen MR) is 79.4 cm³/mol. The highest BCUT2D eigenvalue weighted by atomic mass is 16.5. The second kappa shape index (κ2) is 8.40. The largest absolute Gasteiger partial charge is 0.462 e. The molecule has 0 aliphatic carbocycles. The third kappa shape index (κ3) is 5.20. The van der Waals surface area contributed by atoms with Gasteiger partial charge in [0.1, 0.15) is 0 Å². The minimum Gasteiger partial charge on any atom is -0.462 e. The monoisotopic (exact) mass is 264 g/mol. The molecular formula is C15H24N2O2. The molecule has 0 unspecified atom stereocenters. The lowest BCUT2D eigenvalue weighted by molar-refractivity contribution is 0.0526. The number of rotatable bonds is 8. The molecule has 3 N–H and O–H groups in total. The van der Waals surface area contributed by atoms with E-state index in [0.29, 0.717) is 17.9 Å². The zero-order valence-corrected chi connectivity index (χ0v) is 11.9. The molecule has 0 aromatic heterocycles. The smallest absolute Gasteiger partial charge is 0.338 e. The standard InChI is InChI=1S/C15H24N2O2/c1-3-5-6-7-10-17-14-11-12(8-9-13(14)16)15(18)19-4-2/h8-9,11,17H,3-7,10,16H2,1-2H3. The maximum Gasteiger partial charge on any atom is 0.338 e. The number of unbranched alkanes of at least 4 members (excludes halogenated alkanes) is 3. The maximum atomic E-state index is 11.6. The number of nitrogens with two attached hydrogens (primary N) is 1. The van der Waals surface area contributed by atoms with E-state index in [4.69, 9.17) is 10.5 Å². The number of carbonyl (C=O) groups is 1. The third-order valence-corrected chi connectivity index (χ3v) is 2.91. The Labute approximate surface area is 115 Å². The summed E-state index contributed by atoms with van der Waals surface area (Å²) in [5.74, 6) is -0.309. The number of carbonyl (C=O) groups excluding carboxylic acids is 1. The van der Waals surface area contributed by atoms with Gasteiger partial charge in [-0.25, -0.2) is 4.79 Å². The van der Waals surface area contributed by atoms with Gasteiger partial charge in [-0.1, -0.05) is 26.2 Å². The molecule has 0 bridgehead atoms. The maximum absolute atomic E-state index is 11.6. The fourth-order valence-corrected chi connectivity index (χ4v) is 1.83. The van der Waals surface area contributed by atoms with Crippen LogP contribution in [0.5, 0.6) is 0 Å². The molecule has 0 saturated heterocycles. The van der Waals surface area contributed by atoms with E-state index in [9.17, 15) is 4.79 Å². The van der Waals surface area contributed by atoms with Gasteiger partial charge >= 0.3 is 5.97 Å². The number of nitrogens with one attached hydrogen (secondary N) is 1. The van der Waals surface area contributed by atoms with E-state index in [1.54, 1.807) is 25.1 Å². The molecule has 0 atom stereocenters. The van der Waals surface area contributed by atoms with Gasteiger partial charge in [-0.15, -0.1) is 0 Å². The van der Waals surface area contributed by atoms with Crippen molar-refractivity contribution in [3.63, 3.8) is 0 Å². The molecule has 4 heteroatoms. The topological polar surface area (TPSA) is 64.3 Å². The normalized spacial score (nSPS) is 10.2. The zero-order valence-electron chi connectivity index (χ0n) is 11.9. The van der Waals surface area contributed by atoms with Gasteiger partial charge < -0.3 is 15.8 Å². The molecule has 0 saturated carbocycles. The van der Waals surface area contributed by atoms with Gasteiger partial charge in [0.15, 0.2) is 0 Å².